The Morgan fingerprint density at radius 3 is 2.83 bits per heavy atom. The fraction of sp³-hybridized carbons (Fsp3) is 0.529. The van der Waals surface area contributed by atoms with Gasteiger partial charge in [0.1, 0.15) is 6.07 Å². The maximum absolute atomic E-state index is 12.8. The normalized spacial score (nSPS) is 26.1. The highest BCUT2D eigenvalue weighted by Crippen LogP contribution is 2.50. The number of carbonyl (C=O) groups is 1. The summed E-state index contributed by atoms with van der Waals surface area (Å²) in [6.07, 6.45) is -1.96. The van der Waals surface area contributed by atoms with Gasteiger partial charge in [-0.3, -0.25) is 4.79 Å². The lowest BCUT2D eigenvalue weighted by atomic mass is 9.81. The second kappa shape index (κ2) is 5.69. The number of methoxy groups -OCH3 is 1. The van der Waals surface area contributed by atoms with E-state index >= 15 is 0 Å². The molecule has 1 saturated carbocycles. The molecule has 0 bridgehead atoms. The van der Waals surface area contributed by atoms with E-state index in [0.29, 0.717) is 25.2 Å². The van der Waals surface area contributed by atoms with Gasteiger partial charge in [0.2, 0.25) is 0 Å². The molecule has 0 spiro atoms. The van der Waals surface area contributed by atoms with Crippen LogP contribution < -0.4 is 4.90 Å². The number of benzene rings is 1. The Bertz CT molecular complexity index is 711. The molecular weight excluding hydrogens is 321 g/mol. The SMILES string of the molecule is COC(=O)C12CCCC1CN(c1ccc(C(F)(F)F)cc1C#N)C2. The number of nitrogens with zero attached hydrogens (tertiary/aromatic N) is 2. The van der Waals surface area contributed by atoms with Gasteiger partial charge in [0.15, 0.2) is 0 Å². The van der Waals surface area contributed by atoms with Gasteiger partial charge in [0, 0.05) is 13.1 Å². The number of anilines is 1. The molecule has 24 heavy (non-hydrogen) atoms. The number of nitriles is 1. The van der Waals surface area contributed by atoms with Crippen LogP contribution >= 0.6 is 0 Å². The fourth-order valence-corrected chi connectivity index (χ4v) is 4.09. The van der Waals surface area contributed by atoms with Crippen molar-refractivity contribution < 1.29 is 22.7 Å². The quantitative estimate of drug-likeness (QED) is 0.776. The Labute approximate surface area is 137 Å². The monoisotopic (exact) mass is 338 g/mol. The molecule has 2 atom stereocenters. The van der Waals surface area contributed by atoms with Gasteiger partial charge >= 0.3 is 12.1 Å². The maximum atomic E-state index is 12.8. The van der Waals surface area contributed by atoms with Crippen molar-refractivity contribution >= 4 is 11.7 Å². The number of hydrogen-bond donors (Lipinski definition) is 0. The highest BCUT2D eigenvalue weighted by atomic mass is 19.4. The summed E-state index contributed by atoms with van der Waals surface area (Å²) in [6.45, 7) is 0.930. The summed E-state index contributed by atoms with van der Waals surface area (Å²) in [5.74, 6) is -0.156. The average molecular weight is 338 g/mol. The number of halogens is 3. The zero-order valence-corrected chi connectivity index (χ0v) is 13.2. The number of fused-ring (bicyclic) bond motifs is 1. The Morgan fingerprint density at radius 2 is 2.21 bits per heavy atom. The first-order chi connectivity index (χ1) is 11.3. The lowest BCUT2D eigenvalue weighted by Gasteiger charge is -2.26. The van der Waals surface area contributed by atoms with E-state index in [9.17, 15) is 23.2 Å². The van der Waals surface area contributed by atoms with Gasteiger partial charge in [0.25, 0.3) is 0 Å². The van der Waals surface area contributed by atoms with E-state index < -0.39 is 17.2 Å². The van der Waals surface area contributed by atoms with Gasteiger partial charge in [0.05, 0.1) is 29.3 Å². The predicted octanol–water partition coefficient (Wildman–Crippen LogP) is 3.36. The smallest absolute Gasteiger partial charge is 0.416 e. The van der Waals surface area contributed by atoms with Crippen molar-refractivity contribution in [2.75, 3.05) is 25.1 Å². The molecule has 0 N–H and O–H groups in total. The number of alkyl halides is 3. The Balaban J connectivity index is 1.94. The summed E-state index contributed by atoms with van der Waals surface area (Å²) < 4.78 is 43.5. The standard InChI is InChI=1S/C17H17F3N2O2/c1-24-15(23)16-6-2-3-13(16)9-22(10-16)14-5-4-12(17(18,19)20)7-11(14)8-21/h4-5,7,13H,2-3,6,9-10H2,1H3. The van der Waals surface area contributed by atoms with E-state index in [1.807, 2.05) is 11.0 Å². The van der Waals surface area contributed by atoms with Crippen LogP contribution in [0.4, 0.5) is 18.9 Å². The highest BCUT2D eigenvalue weighted by Gasteiger charge is 2.55. The molecule has 2 unspecified atom stereocenters. The lowest BCUT2D eigenvalue weighted by molar-refractivity contribution is -0.152. The maximum Gasteiger partial charge on any atom is 0.416 e. The van der Waals surface area contributed by atoms with Gasteiger partial charge in [-0.2, -0.15) is 18.4 Å². The summed E-state index contributed by atoms with van der Waals surface area (Å²) in [7, 11) is 1.36. The van der Waals surface area contributed by atoms with Gasteiger partial charge in [-0.25, -0.2) is 0 Å². The topological polar surface area (TPSA) is 53.3 Å². The molecule has 1 saturated heterocycles. The molecule has 3 rings (SSSR count). The van der Waals surface area contributed by atoms with E-state index in [2.05, 4.69) is 0 Å². The molecule has 1 aromatic rings. The van der Waals surface area contributed by atoms with E-state index in [1.54, 1.807) is 0 Å². The zero-order chi connectivity index (χ0) is 17.5. The van der Waals surface area contributed by atoms with Crippen LogP contribution in [0.5, 0.6) is 0 Å². The number of ether oxygens (including phenoxy) is 1. The summed E-state index contributed by atoms with van der Waals surface area (Å²) in [5, 5.41) is 9.26. The van der Waals surface area contributed by atoms with Crippen LogP contribution in [0.25, 0.3) is 0 Å². The van der Waals surface area contributed by atoms with Crippen LogP contribution in [-0.4, -0.2) is 26.2 Å². The molecule has 4 nitrogen and oxygen atoms in total. The predicted molar refractivity (Wildman–Crippen MR) is 80.2 cm³/mol. The summed E-state index contributed by atoms with van der Waals surface area (Å²) in [6, 6.07) is 5.03. The Morgan fingerprint density at radius 1 is 1.46 bits per heavy atom. The van der Waals surface area contributed by atoms with E-state index in [4.69, 9.17) is 4.74 Å². The lowest BCUT2D eigenvalue weighted by Crippen LogP contribution is -2.37. The molecule has 0 aromatic heterocycles. The first kappa shape index (κ1) is 16.6. The molecule has 2 fully saturated rings. The molecule has 128 valence electrons. The average Bonchev–Trinajstić information content (AvgIpc) is 3.10. The Kier molecular flexibility index (Phi) is 3.94. The van der Waals surface area contributed by atoms with Crippen LogP contribution in [-0.2, 0) is 15.7 Å². The van der Waals surface area contributed by atoms with Crippen molar-refractivity contribution in [1.29, 1.82) is 5.26 Å². The van der Waals surface area contributed by atoms with Crippen LogP contribution in [0.3, 0.4) is 0 Å². The second-order valence-corrected chi connectivity index (χ2v) is 6.46. The van der Waals surface area contributed by atoms with Crippen LogP contribution in [0, 0.1) is 22.7 Å². The largest absolute Gasteiger partial charge is 0.469 e. The molecule has 0 amide bonds. The van der Waals surface area contributed by atoms with Crippen molar-refractivity contribution in [2.45, 2.75) is 25.4 Å². The van der Waals surface area contributed by atoms with Crippen molar-refractivity contribution in [2.24, 2.45) is 11.3 Å². The molecule has 0 radical (unpaired) electrons. The minimum atomic E-state index is -4.49. The summed E-state index contributed by atoms with van der Waals surface area (Å²) in [5.41, 5.74) is -1.03. The third-order valence-corrected chi connectivity index (χ3v) is 5.25. The van der Waals surface area contributed by atoms with Crippen LogP contribution in [0.2, 0.25) is 0 Å². The first-order valence-corrected chi connectivity index (χ1v) is 7.76. The molecule has 2 aliphatic rings. The minimum absolute atomic E-state index is 0.0233. The first-order valence-electron chi connectivity index (χ1n) is 7.76. The van der Waals surface area contributed by atoms with Gasteiger partial charge in [-0.15, -0.1) is 0 Å². The van der Waals surface area contributed by atoms with Gasteiger partial charge in [-0.05, 0) is 37.0 Å². The van der Waals surface area contributed by atoms with Gasteiger partial charge < -0.3 is 9.64 Å². The molecular formula is C17H17F3N2O2. The highest BCUT2D eigenvalue weighted by molar-refractivity contribution is 5.80. The van der Waals surface area contributed by atoms with Crippen LogP contribution in [0.1, 0.15) is 30.4 Å². The summed E-state index contributed by atoms with van der Waals surface area (Å²) in [4.78, 5) is 14.1. The van der Waals surface area contributed by atoms with Crippen molar-refractivity contribution in [3.8, 4) is 6.07 Å². The van der Waals surface area contributed by atoms with Crippen molar-refractivity contribution in [3.05, 3.63) is 29.3 Å². The van der Waals surface area contributed by atoms with Crippen molar-refractivity contribution in [1.82, 2.24) is 0 Å². The van der Waals surface area contributed by atoms with Crippen LogP contribution in [0.15, 0.2) is 18.2 Å². The van der Waals surface area contributed by atoms with E-state index in [0.717, 1.165) is 25.0 Å². The minimum Gasteiger partial charge on any atom is -0.469 e. The number of hydrogen-bond acceptors (Lipinski definition) is 4. The number of rotatable bonds is 2. The zero-order valence-electron chi connectivity index (χ0n) is 13.2. The second-order valence-electron chi connectivity index (χ2n) is 6.46. The molecule has 1 aromatic carbocycles. The number of carbonyl (C=O) groups excluding carboxylic acids is 1. The molecule has 1 aliphatic heterocycles. The third-order valence-electron chi connectivity index (χ3n) is 5.25. The molecule has 1 heterocycles. The molecule has 1 aliphatic carbocycles. The fourth-order valence-electron chi connectivity index (χ4n) is 4.09. The Hall–Kier alpha value is -2.23. The van der Waals surface area contributed by atoms with E-state index in [1.165, 1.54) is 13.2 Å². The van der Waals surface area contributed by atoms with Gasteiger partial charge in [-0.1, -0.05) is 6.42 Å². The third kappa shape index (κ3) is 2.50. The van der Waals surface area contributed by atoms with Crippen molar-refractivity contribution in [3.63, 3.8) is 0 Å². The van der Waals surface area contributed by atoms with E-state index in [-0.39, 0.29) is 17.5 Å². The molecule has 7 heteroatoms. The number of esters is 1. The summed E-state index contributed by atoms with van der Waals surface area (Å²) >= 11 is 0.